The molecule has 20 heavy (non-hydrogen) atoms. The fraction of sp³-hybridized carbons (Fsp3) is 0.500. The normalized spacial score (nSPS) is 21.8. The van der Waals surface area contributed by atoms with E-state index >= 15 is 0 Å². The van der Waals surface area contributed by atoms with E-state index in [1.807, 2.05) is 12.1 Å². The molecule has 4 nitrogen and oxygen atoms in total. The molecule has 112 valence electrons. The summed E-state index contributed by atoms with van der Waals surface area (Å²) in [4.78, 5) is 12.3. The maximum Gasteiger partial charge on any atom is 0.252 e. The average molecular weight is 364 g/mol. The maximum atomic E-state index is 12.3. The molecule has 1 aliphatic heterocycles. The number of rotatable bonds is 3. The van der Waals surface area contributed by atoms with Crippen LogP contribution in [-0.2, 0) is 0 Å². The van der Waals surface area contributed by atoms with E-state index in [0.29, 0.717) is 17.4 Å². The molecule has 1 aromatic carbocycles. The molecule has 0 saturated carbocycles. The first-order valence-corrected chi connectivity index (χ1v) is 7.29. The van der Waals surface area contributed by atoms with Crippen molar-refractivity contribution in [1.29, 1.82) is 0 Å². The summed E-state index contributed by atoms with van der Waals surface area (Å²) in [5.74, 6) is 0.620. The quantitative estimate of drug-likeness (QED) is 0.868. The lowest BCUT2D eigenvalue weighted by atomic mass is 9.99. The van der Waals surface area contributed by atoms with E-state index in [4.69, 9.17) is 4.74 Å². The SMILES string of the molecule is COc1ccc(Br)c(C(=O)NC2CCCNC2C)c1.Cl. The van der Waals surface area contributed by atoms with Gasteiger partial charge < -0.3 is 15.4 Å². The lowest BCUT2D eigenvalue weighted by Gasteiger charge is -2.30. The second kappa shape index (κ2) is 7.86. The third kappa shape index (κ3) is 4.11. The first-order valence-electron chi connectivity index (χ1n) is 6.49. The molecule has 1 heterocycles. The van der Waals surface area contributed by atoms with Crippen molar-refractivity contribution in [1.82, 2.24) is 10.6 Å². The zero-order valence-corrected chi connectivity index (χ0v) is 14.0. The number of ether oxygens (including phenoxy) is 1. The number of methoxy groups -OCH3 is 1. The van der Waals surface area contributed by atoms with Gasteiger partial charge in [0.2, 0.25) is 0 Å². The first-order chi connectivity index (χ1) is 9.11. The van der Waals surface area contributed by atoms with Gasteiger partial charge in [-0.1, -0.05) is 0 Å². The van der Waals surface area contributed by atoms with Crippen molar-refractivity contribution < 1.29 is 9.53 Å². The number of carbonyl (C=O) groups excluding carboxylic acids is 1. The smallest absolute Gasteiger partial charge is 0.252 e. The van der Waals surface area contributed by atoms with Crippen LogP contribution in [0.25, 0.3) is 0 Å². The maximum absolute atomic E-state index is 12.3. The molecule has 1 aliphatic rings. The highest BCUT2D eigenvalue weighted by Gasteiger charge is 2.23. The van der Waals surface area contributed by atoms with Gasteiger partial charge in [-0.25, -0.2) is 0 Å². The summed E-state index contributed by atoms with van der Waals surface area (Å²) in [6, 6.07) is 5.89. The summed E-state index contributed by atoms with van der Waals surface area (Å²) in [7, 11) is 1.60. The van der Waals surface area contributed by atoms with E-state index in [1.54, 1.807) is 13.2 Å². The Morgan fingerprint density at radius 3 is 2.90 bits per heavy atom. The molecule has 0 bridgehead atoms. The molecule has 2 atom stereocenters. The Kier molecular flexibility index (Phi) is 6.79. The van der Waals surface area contributed by atoms with Crippen molar-refractivity contribution in [2.75, 3.05) is 13.7 Å². The van der Waals surface area contributed by atoms with Gasteiger partial charge in [0.05, 0.1) is 12.7 Å². The molecule has 0 aromatic heterocycles. The van der Waals surface area contributed by atoms with Crippen LogP contribution in [0.5, 0.6) is 5.75 Å². The van der Waals surface area contributed by atoms with E-state index in [-0.39, 0.29) is 24.4 Å². The Bertz CT molecular complexity index is 470. The lowest BCUT2D eigenvalue weighted by molar-refractivity contribution is 0.0918. The number of piperidine rings is 1. The van der Waals surface area contributed by atoms with Gasteiger partial charge >= 0.3 is 0 Å². The summed E-state index contributed by atoms with van der Waals surface area (Å²) in [6.45, 7) is 3.13. The molecule has 1 fully saturated rings. The van der Waals surface area contributed by atoms with Crippen molar-refractivity contribution in [2.45, 2.75) is 31.8 Å². The number of carbonyl (C=O) groups is 1. The summed E-state index contributed by atoms with van der Waals surface area (Å²) >= 11 is 3.41. The largest absolute Gasteiger partial charge is 0.497 e. The van der Waals surface area contributed by atoms with Crippen LogP contribution in [0.1, 0.15) is 30.1 Å². The average Bonchev–Trinajstić information content (AvgIpc) is 2.42. The molecular weight excluding hydrogens is 344 g/mol. The van der Waals surface area contributed by atoms with Gasteiger partial charge in [-0.2, -0.15) is 0 Å². The van der Waals surface area contributed by atoms with Crippen molar-refractivity contribution in [2.24, 2.45) is 0 Å². The van der Waals surface area contributed by atoms with Gasteiger partial charge in [0.15, 0.2) is 0 Å². The van der Waals surface area contributed by atoms with Gasteiger partial charge in [0.1, 0.15) is 5.75 Å². The fourth-order valence-electron chi connectivity index (χ4n) is 2.29. The highest BCUT2D eigenvalue weighted by Crippen LogP contribution is 2.23. The van der Waals surface area contributed by atoms with Gasteiger partial charge in [-0.15, -0.1) is 12.4 Å². The molecule has 0 aliphatic carbocycles. The van der Waals surface area contributed by atoms with Crippen LogP contribution < -0.4 is 15.4 Å². The monoisotopic (exact) mass is 362 g/mol. The van der Waals surface area contributed by atoms with Gasteiger partial charge in [-0.05, 0) is 60.4 Å². The molecule has 0 spiro atoms. The number of nitrogens with one attached hydrogen (secondary N) is 2. The molecule has 2 rings (SSSR count). The Morgan fingerprint density at radius 2 is 2.25 bits per heavy atom. The predicted molar refractivity (Wildman–Crippen MR) is 85.9 cm³/mol. The summed E-state index contributed by atoms with van der Waals surface area (Å²) in [5, 5.41) is 6.46. The molecule has 1 saturated heterocycles. The Labute approximate surface area is 134 Å². The number of halogens is 2. The van der Waals surface area contributed by atoms with Gasteiger partial charge in [-0.3, -0.25) is 4.79 Å². The minimum Gasteiger partial charge on any atom is -0.497 e. The van der Waals surface area contributed by atoms with Crippen LogP contribution in [0.15, 0.2) is 22.7 Å². The molecule has 1 aromatic rings. The van der Waals surface area contributed by atoms with E-state index in [2.05, 4.69) is 33.5 Å². The molecule has 6 heteroatoms. The molecule has 1 amide bonds. The molecule has 0 radical (unpaired) electrons. The van der Waals surface area contributed by atoms with Crippen LogP contribution in [0.2, 0.25) is 0 Å². The number of hydrogen-bond donors (Lipinski definition) is 2. The van der Waals surface area contributed by atoms with E-state index in [1.165, 1.54) is 0 Å². The van der Waals surface area contributed by atoms with Crippen LogP contribution in [0.4, 0.5) is 0 Å². The molecular formula is C14H20BrClN2O2. The van der Waals surface area contributed by atoms with Crippen LogP contribution >= 0.6 is 28.3 Å². The van der Waals surface area contributed by atoms with Crippen molar-refractivity contribution in [3.63, 3.8) is 0 Å². The predicted octanol–water partition coefficient (Wildman–Crippen LogP) is 2.75. The lowest BCUT2D eigenvalue weighted by Crippen LogP contribution is -2.51. The Balaban J connectivity index is 0.00000200. The number of amides is 1. The van der Waals surface area contributed by atoms with Crippen LogP contribution in [0.3, 0.4) is 0 Å². The van der Waals surface area contributed by atoms with E-state index in [9.17, 15) is 4.79 Å². The Hall–Kier alpha value is -0.780. The Morgan fingerprint density at radius 1 is 1.50 bits per heavy atom. The molecule has 2 N–H and O–H groups in total. The third-order valence-corrected chi connectivity index (χ3v) is 4.19. The van der Waals surface area contributed by atoms with Gasteiger partial charge in [0, 0.05) is 16.6 Å². The standard InChI is InChI=1S/C14H19BrN2O2.ClH/c1-9-13(4-3-7-16-9)17-14(18)11-8-10(19-2)5-6-12(11)15;/h5-6,8-9,13,16H,3-4,7H2,1-2H3,(H,17,18);1H. The second-order valence-corrected chi connectivity index (χ2v) is 5.67. The van der Waals surface area contributed by atoms with Crippen LogP contribution in [0, 0.1) is 0 Å². The highest BCUT2D eigenvalue weighted by atomic mass is 79.9. The number of hydrogen-bond acceptors (Lipinski definition) is 3. The van der Waals surface area contributed by atoms with E-state index < -0.39 is 0 Å². The third-order valence-electron chi connectivity index (χ3n) is 3.50. The minimum atomic E-state index is -0.0636. The highest BCUT2D eigenvalue weighted by molar-refractivity contribution is 9.10. The summed E-state index contributed by atoms with van der Waals surface area (Å²) in [6.07, 6.45) is 2.11. The van der Waals surface area contributed by atoms with Crippen molar-refractivity contribution in [3.8, 4) is 5.75 Å². The van der Waals surface area contributed by atoms with Crippen molar-refractivity contribution in [3.05, 3.63) is 28.2 Å². The topological polar surface area (TPSA) is 50.4 Å². The van der Waals surface area contributed by atoms with Crippen LogP contribution in [-0.4, -0.2) is 31.6 Å². The number of benzene rings is 1. The second-order valence-electron chi connectivity index (χ2n) is 4.81. The van der Waals surface area contributed by atoms with Gasteiger partial charge in [0.25, 0.3) is 5.91 Å². The first kappa shape index (κ1) is 17.3. The minimum absolute atomic E-state index is 0. The zero-order chi connectivity index (χ0) is 13.8. The van der Waals surface area contributed by atoms with E-state index in [0.717, 1.165) is 23.9 Å². The molecule has 2 unspecified atom stereocenters. The van der Waals surface area contributed by atoms with Crippen molar-refractivity contribution >= 4 is 34.2 Å². The fourth-order valence-corrected chi connectivity index (χ4v) is 2.72. The zero-order valence-electron chi connectivity index (χ0n) is 11.6. The summed E-state index contributed by atoms with van der Waals surface area (Å²) < 4.78 is 5.94. The summed E-state index contributed by atoms with van der Waals surface area (Å²) in [5.41, 5.74) is 0.608.